The molecule has 0 bridgehead atoms. The molecule has 11 heteroatoms. The van der Waals surface area contributed by atoms with E-state index in [9.17, 15) is 24.0 Å². The van der Waals surface area contributed by atoms with Crippen LogP contribution < -0.4 is 0 Å². The summed E-state index contributed by atoms with van der Waals surface area (Å²) in [4.78, 5) is 58.5. The number of thioether (sulfide) groups is 1. The Kier molecular flexibility index (Phi) is 16.0. The Morgan fingerprint density at radius 3 is 1.58 bits per heavy atom. The van der Waals surface area contributed by atoms with Crippen LogP contribution in [0.2, 0.25) is 0 Å². The third kappa shape index (κ3) is 15.2. The molecule has 0 heterocycles. The average Bonchev–Trinajstić information content (AvgIpc) is 2.68. The van der Waals surface area contributed by atoms with Crippen molar-refractivity contribution < 1.29 is 47.7 Å². The summed E-state index contributed by atoms with van der Waals surface area (Å²) < 4.78 is 26.3. The summed E-state index contributed by atoms with van der Waals surface area (Å²) in [6, 6.07) is 0. The summed E-state index contributed by atoms with van der Waals surface area (Å²) in [5.41, 5.74) is 0. The van der Waals surface area contributed by atoms with Crippen LogP contribution in [0.15, 0.2) is 0 Å². The van der Waals surface area contributed by atoms with E-state index < -0.39 is 60.9 Å². The SMILES string of the molecule is CCCCCCSC[C@H](OC(C)=O)[C@H](OC(C)=O)[C@H](OC(C)=O)[C@@H](COC(C)=O)OC(C)=O. The molecule has 0 radical (unpaired) electrons. The normalized spacial score (nSPS) is 14.2. The van der Waals surface area contributed by atoms with Crippen molar-refractivity contribution in [1.29, 1.82) is 0 Å². The second kappa shape index (κ2) is 17.2. The molecule has 0 fully saturated rings. The van der Waals surface area contributed by atoms with Crippen molar-refractivity contribution >= 4 is 41.6 Å². The first-order chi connectivity index (χ1) is 15.5. The Bertz CT molecular complexity index is 651. The van der Waals surface area contributed by atoms with Crippen molar-refractivity contribution in [2.45, 2.75) is 91.6 Å². The fourth-order valence-corrected chi connectivity index (χ4v) is 4.01. The number of esters is 5. The van der Waals surface area contributed by atoms with E-state index in [1.54, 1.807) is 0 Å². The molecule has 190 valence electrons. The number of carbonyl (C=O) groups is 5. The van der Waals surface area contributed by atoms with Gasteiger partial charge >= 0.3 is 29.8 Å². The molecule has 0 saturated heterocycles. The Morgan fingerprint density at radius 2 is 1.12 bits per heavy atom. The zero-order valence-corrected chi connectivity index (χ0v) is 21.1. The lowest BCUT2D eigenvalue weighted by atomic mass is 10.0. The van der Waals surface area contributed by atoms with Crippen molar-refractivity contribution in [3.05, 3.63) is 0 Å². The smallest absolute Gasteiger partial charge is 0.303 e. The van der Waals surface area contributed by atoms with Gasteiger partial charge in [-0.2, -0.15) is 11.8 Å². The Morgan fingerprint density at radius 1 is 0.636 bits per heavy atom. The maximum absolute atomic E-state index is 11.9. The first kappa shape index (κ1) is 30.7. The predicted octanol–water partition coefficient (Wildman–Crippen LogP) is 2.59. The van der Waals surface area contributed by atoms with Crippen LogP contribution in [0.1, 0.15) is 67.2 Å². The molecule has 0 N–H and O–H groups in total. The number of carbonyl (C=O) groups excluding carboxylic acids is 5. The van der Waals surface area contributed by atoms with Crippen molar-refractivity contribution in [2.24, 2.45) is 0 Å². The third-order valence-electron chi connectivity index (χ3n) is 4.17. The molecule has 0 aromatic carbocycles. The van der Waals surface area contributed by atoms with Gasteiger partial charge in [-0.05, 0) is 12.2 Å². The van der Waals surface area contributed by atoms with Crippen molar-refractivity contribution in [2.75, 3.05) is 18.1 Å². The minimum absolute atomic E-state index is 0.238. The molecule has 0 aliphatic rings. The summed E-state index contributed by atoms with van der Waals surface area (Å²) in [6.07, 6.45) is -0.785. The van der Waals surface area contributed by atoms with Gasteiger partial charge in [-0.25, -0.2) is 0 Å². The standard InChI is InChI=1S/C22H36O10S/c1-7-8-9-10-11-33-13-20(30-16(4)25)22(32-18(6)27)21(31-17(5)26)19(29-15(3)24)12-28-14(2)23/h19-22H,7-13H2,1-6H3/t19-,20+,21-,22+/m1/s1. The third-order valence-corrected chi connectivity index (χ3v) is 5.31. The second-order valence-corrected chi connectivity index (χ2v) is 8.53. The largest absolute Gasteiger partial charge is 0.462 e. The van der Waals surface area contributed by atoms with Gasteiger partial charge in [0.2, 0.25) is 0 Å². The van der Waals surface area contributed by atoms with E-state index in [0.29, 0.717) is 0 Å². The van der Waals surface area contributed by atoms with Gasteiger partial charge in [-0.15, -0.1) is 0 Å². The molecule has 0 rings (SSSR count). The summed E-state index contributed by atoms with van der Waals surface area (Å²) in [6.45, 7) is 7.41. The first-order valence-corrected chi connectivity index (χ1v) is 12.0. The topological polar surface area (TPSA) is 132 Å². The van der Waals surface area contributed by atoms with Gasteiger partial charge in [0.1, 0.15) is 6.61 Å². The van der Waals surface area contributed by atoms with Crippen molar-refractivity contribution in [3.63, 3.8) is 0 Å². The highest BCUT2D eigenvalue weighted by atomic mass is 32.2. The van der Waals surface area contributed by atoms with Crippen LogP contribution in [0.4, 0.5) is 0 Å². The van der Waals surface area contributed by atoms with Gasteiger partial charge in [0.05, 0.1) is 0 Å². The number of rotatable bonds is 16. The summed E-state index contributed by atoms with van der Waals surface area (Å²) in [5.74, 6) is -2.49. The number of ether oxygens (including phenoxy) is 5. The second-order valence-electron chi connectivity index (χ2n) is 7.38. The monoisotopic (exact) mass is 492 g/mol. The van der Waals surface area contributed by atoms with Gasteiger partial charge < -0.3 is 23.7 Å². The van der Waals surface area contributed by atoms with Crippen LogP contribution >= 0.6 is 11.8 Å². The summed E-state index contributed by atoms with van der Waals surface area (Å²) in [7, 11) is 0. The van der Waals surface area contributed by atoms with Crippen LogP contribution in [0.3, 0.4) is 0 Å². The molecular formula is C22H36O10S. The molecule has 0 saturated carbocycles. The van der Waals surface area contributed by atoms with Crippen LogP contribution in [0.5, 0.6) is 0 Å². The van der Waals surface area contributed by atoms with Crippen LogP contribution in [0.25, 0.3) is 0 Å². The van der Waals surface area contributed by atoms with Crippen LogP contribution in [-0.2, 0) is 47.7 Å². The maximum Gasteiger partial charge on any atom is 0.303 e. The fraction of sp³-hybridized carbons (Fsp3) is 0.773. The zero-order chi connectivity index (χ0) is 25.4. The molecule has 0 aliphatic heterocycles. The average molecular weight is 493 g/mol. The van der Waals surface area contributed by atoms with Gasteiger partial charge in [0.15, 0.2) is 24.4 Å². The lowest BCUT2D eigenvalue weighted by Gasteiger charge is -2.35. The quantitative estimate of drug-likeness (QED) is 0.179. The van der Waals surface area contributed by atoms with Crippen LogP contribution in [-0.4, -0.2) is 72.4 Å². The highest BCUT2D eigenvalue weighted by Gasteiger charge is 2.43. The minimum atomic E-state index is -1.39. The van der Waals surface area contributed by atoms with E-state index in [1.807, 2.05) is 0 Å². The molecular weight excluding hydrogens is 456 g/mol. The molecule has 33 heavy (non-hydrogen) atoms. The molecule has 0 aliphatic carbocycles. The number of hydrogen-bond donors (Lipinski definition) is 0. The Hall–Kier alpha value is -2.30. The van der Waals surface area contributed by atoms with E-state index in [2.05, 4.69) is 6.92 Å². The molecule has 10 nitrogen and oxygen atoms in total. The van der Waals surface area contributed by atoms with E-state index in [0.717, 1.165) is 59.1 Å². The van der Waals surface area contributed by atoms with Crippen molar-refractivity contribution in [1.82, 2.24) is 0 Å². The Labute approximate surface area is 199 Å². The van der Waals surface area contributed by atoms with Crippen LogP contribution in [0, 0.1) is 0 Å². The molecule has 0 unspecified atom stereocenters. The molecule has 0 aromatic heterocycles. The lowest BCUT2D eigenvalue weighted by Crippen LogP contribution is -2.53. The lowest BCUT2D eigenvalue weighted by molar-refractivity contribution is -0.200. The highest BCUT2D eigenvalue weighted by molar-refractivity contribution is 7.99. The maximum atomic E-state index is 11.9. The predicted molar refractivity (Wildman–Crippen MR) is 120 cm³/mol. The number of unbranched alkanes of at least 4 members (excludes halogenated alkanes) is 3. The first-order valence-electron chi connectivity index (χ1n) is 10.9. The van der Waals surface area contributed by atoms with Gasteiger partial charge in [-0.3, -0.25) is 24.0 Å². The molecule has 4 atom stereocenters. The van der Waals surface area contributed by atoms with Crippen molar-refractivity contribution in [3.8, 4) is 0 Å². The zero-order valence-electron chi connectivity index (χ0n) is 20.2. The molecule has 0 aromatic rings. The Balaban J connectivity index is 5.92. The minimum Gasteiger partial charge on any atom is -0.462 e. The summed E-state index contributed by atoms with van der Waals surface area (Å²) in [5, 5.41) is 0. The fourth-order valence-electron chi connectivity index (χ4n) is 2.94. The summed E-state index contributed by atoms with van der Waals surface area (Å²) >= 11 is 1.49. The van der Waals surface area contributed by atoms with E-state index in [1.165, 1.54) is 18.7 Å². The van der Waals surface area contributed by atoms with E-state index in [-0.39, 0.29) is 5.75 Å². The van der Waals surface area contributed by atoms with Gasteiger partial charge in [0, 0.05) is 40.4 Å². The molecule has 0 spiro atoms. The molecule has 0 amide bonds. The van der Waals surface area contributed by atoms with Gasteiger partial charge in [-0.1, -0.05) is 26.2 Å². The van der Waals surface area contributed by atoms with E-state index in [4.69, 9.17) is 23.7 Å². The van der Waals surface area contributed by atoms with E-state index >= 15 is 0 Å². The number of hydrogen-bond acceptors (Lipinski definition) is 11. The van der Waals surface area contributed by atoms with Gasteiger partial charge in [0.25, 0.3) is 0 Å². The highest BCUT2D eigenvalue weighted by Crippen LogP contribution is 2.23.